The molecule has 0 aromatic heterocycles. The summed E-state index contributed by atoms with van der Waals surface area (Å²) in [5.41, 5.74) is 5.26. The lowest BCUT2D eigenvalue weighted by molar-refractivity contribution is 0.499. The molecule has 1 aliphatic carbocycles. The molecule has 0 amide bonds. The van der Waals surface area contributed by atoms with Crippen LogP contribution in [0.1, 0.15) is 18.4 Å². The van der Waals surface area contributed by atoms with Gasteiger partial charge in [0.1, 0.15) is 16.5 Å². The Kier molecular flexibility index (Phi) is 2.74. The van der Waals surface area contributed by atoms with Crippen LogP contribution in [0.4, 0.5) is 8.78 Å². The van der Waals surface area contributed by atoms with E-state index < -0.39 is 31.8 Å². The summed E-state index contributed by atoms with van der Waals surface area (Å²) in [5, 5.41) is 0. The minimum absolute atomic E-state index is 0.210. The zero-order valence-electron chi connectivity index (χ0n) is 9.33. The molecule has 2 rings (SSSR count). The van der Waals surface area contributed by atoms with Crippen molar-refractivity contribution in [2.45, 2.75) is 23.2 Å². The highest BCUT2D eigenvalue weighted by molar-refractivity contribution is 7.90. The van der Waals surface area contributed by atoms with Gasteiger partial charge in [-0.3, -0.25) is 0 Å². The summed E-state index contributed by atoms with van der Waals surface area (Å²) in [6, 6.07) is 2.28. The highest BCUT2D eigenvalue weighted by atomic mass is 32.2. The molecule has 2 N–H and O–H groups in total. The lowest BCUT2D eigenvalue weighted by atomic mass is 9.95. The van der Waals surface area contributed by atoms with Gasteiger partial charge in [0, 0.05) is 18.2 Å². The second-order valence-corrected chi connectivity index (χ2v) is 6.45. The Morgan fingerprint density at radius 2 is 1.94 bits per heavy atom. The second kappa shape index (κ2) is 3.74. The molecule has 6 heteroatoms. The molecule has 0 atom stereocenters. The molecular weight excluding hydrogens is 248 g/mol. The molecule has 17 heavy (non-hydrogen) atoms. The van der Waals surface area contributed by atoms with E-state index in [1.54, 1.807) is 0 Å². The summed E-state index contributed by atoms with van der Waals surface area (Å²) in [4.78, 5) is -0.852. The molecule has 0 unspecified atom stereocenters. The first-order valence-corrected chi connectivity index (χ1v) is 7.09. The molecule has 0 heterocycles. The number of halogens is 2. The van der Waals surface area contributed by atoms with E-state index in [-0.39, 0.29) is 12.1 Å². The molecule has 0 saturated heterocycles. The maximum absolute atomic E-state index is 14.1. The standard InChI is InChI=1S/C11H13F2NO2S/c1-17(15,16)10-8(12)3-2-7(9(10)13)11(6-14)4-5-11/h2-3H,4-6,14H2,1H3. The van der Waals surface area contributed by atoms with Gasteiger partial charge in [-0.25, -0.2) is 17.2 Å². The van der Waals surface area contributed by atoms with E-state index in [0.717, 1.165) is 12.3 Å². The zero-order chi connectivity index (χ0) is 12.8. The van der Waals surface area contributed by atoms with Crippen molar-refractivity contribution < 1.29 is 17.2 Å². The monoisotopic (exact) mass is 261 g/mol. The van der Waals surface area contributed by atoms with Crippen molar-refractivity contribution in [1.29, 1.82) is 0 Å². The fourth-order valence-electron chi connectivity index (χ4n) is 2.02. The van der Waals surface area contributed by atoms with Crippen LogP contribution in [0, 0.1) is 11.6 Å². The molecule has 1 saturated carbocycles. The molecule has 1 aliphatic rings. The van der Waals surface area contributed by atoms with Crippen molar-refractivity contribution in [3.8, 4) is 0 Å². The molecular formula is C11H13F2NO2S. The maximum Gasteiger partial charge on any atom is 0.181 e. The van der Waals surface area contributed by atoms with Crippen LogP contribution in [0.15, 0.2) is 17.0 Å². The average molecular weight is 261 g/mol. The third-order valence-corrected chi connectivity index (χ3v) is 4.35. The summed E-state index contributed by atoms with van der Waals surface area (Å²) in [7, 11) is -3.92. The molecule has 0 bridgehead atoms. The number of rotatable bonds is 3. The van der Waals surface area contributed by atoms with Crippen molar-refractivity contribution in [3.63, 3.8) is 0 Å². The summed E-state index contributed by atoms with van der Waals surface area (Å²) in [6.07, 6.45) is 2.20. The van der Waals surface area contributed by atoms with Gasteiger partial charge in [-0.05, 0) is 24.5 Å². The van der Waals surface area contributed by atoms with Crippen molar-refractivity contribution in [3.05, 3.63) is 29.3 Å². The van der Waals surface area contributed by atoms with Gasteiger partial charge in [0.15, 0.2) is 9.84 Å². The van der Waals surface area contributed by atoms with Gasteiger partial charge in [-0.2, -0.15) is 0 Å². The molecule has 94 valence electrons. The summed E-state index contributed by atoms with van der Waals surface area (Å²) >= 11 is 0. The SMILES string of the molecule is CS(=O)(=O)c1c(F)ccc(C2(CN)CC2)c1F. The topological polar surface area (TPSA) is 60.2 Å². The van der Waals surface area contributed by atoms with Gasteiger partial charge in [-0.1, -0.05) is 6.07 Å². The highest BCUT2D eigenvalue weighted by Gasteiger charge is 2.46. The zero-order valence-corrected chi connectivity index (χ0v) is 10.2. The minimum atomic E-state index is -3.92. The molecule has 0 radical (unpaired) electrons. The predicted octanol–water partition coefficient (Wildman–Crippen LogP) is 1.36. The third kappa shape index (κ3) is 1.95. The first-order valence-electron chi connectivity index (χ1n) is 5.20. The number of benzene rings is 1. The van der Waals surface area contributed by atoms with Gasteiger partial charge >= 0.3 is 0 Å². The van der Waals surface area contributed by atoms with Gasteiger partial charge in [0.25, 0.3) is 0 Å². The summed E-state index contributed by atoms with van der Waals surface area (Å²) in [6.45, 7) is 0.235. The normalized spacial score (nSPS) is 18.1. The summed E-state index contributed by atoms with van der Waals surface area (Å²) in [5.74, 6) is -2.04. The number of hydrogen-bond donors (Lipinski definition) is 1. The van der Waals surface area contributed by atoms with Crippen molar-refractivity contribution >= 4 is 9.84 Å². The smallest absolute Gasteiger partial charge is 0.181 e. The van der Waals surface area contributed by atoms with E-state index >= 15 is 0 Å². The Morgan fingerprint density at radius 1 is 1.35 bits per heavy atom. The molecule has 1 aromatic rings. The quantitative estimate of drug-likeness (QED) is 0.893. The van der Waals surface area contributed by atoms with Crippen LogP contribution in [0.5, 0.6) is 0 Å². The van der Waals surface area contributed by atoms with Gasteiger partial charge in [-0.15, -0.1) is 0 Å². The predicted molar refractivity (Wildman–Crippen MR) is 59.4 cm³/mol. The number of hydrogen-bond acceptors (Lipinski definition) is 3. The van der Waals surface area contributed by atoms with Crippen LogP contribution in [0.25, 0.3) is 0 Å². The van der Waals surface area contributed by atoms with Crippen LogP contribution >= 0.6 is 0 Å². The number of nitrogens with two attached hydrogens (primary N) is 1. The second-order valence-electron chi connectivity index (χ2n) is 4.49. The Bertz CT molecular complexity index is 565. The van der Waals surface area contributed by atoms with Crippen LogP contribution < -0.4 is 5.73 Å². The fraction of sp³-hybridized carbons (Fsp3) is 0.455. The lowest BCUT2D eigenvalue weighted by Gasteiger charge is -2.15. The minimum Gasteiger partial charge on any atom is -0.330 e. The molecule has 0 spiro atoms. The molecule has 3 nitrogen and oxygen atoms in total. The Balaban J connectivity index is 2.67. The largest absolute Gasteiger partial charge is 0.330 e. The van der Waals surface area contributed by atoms with E-state index in [4.69, 9.17) is 5.73 Å². The van der Waals surface area contributed by atoms with E-state index in [1.807, 2.05) is 0 Å². The van der Waals surface area contributed by atoms with Crippen molar-refractivity contribution in [1.82, 2.24) is 0 Å². The van der Waals surface area contributed by atoms with Crippen LogP contribution in [-0.4, -0.2) is 21.2 Å². The highest BCUT2D eigenvalue weighted by Crippen LogP contribution is 2.48. The summed E-state index contributed by atoms with van der Waals surface area (Å²) < 4.78 is 50.2. The van der Waals surface area contributed by atoms with Gasteiger partial charge < -0.3 is 5.73 Å². The number of sulfone groups is 1. The van der Waals surface area contributed by atoms with Gasteiger partial charge in [0.2, 0.25) is 0 Å². The third-order valence-electron chi connectivity index (χ3n) is 3.24. The Hall–Kier alpha value is -1.01. The fourth-order valence-corrected chi connectivity index (χ4v) is 2.87. The van der Waals surface area contributed by atoms with E-state index in [0.29, 0.717) is 12.8 Å². The average Bonchev–Trinajstić information content (AvgIpc) is 2.96. The van der Waals surface area contributed by atoms with E-state index in [2.05, 4.69) is 0 Å². The van der Waals surface area contributed by atoms with Crippen LogP contribution in [0.3, 0.4) is 0 Å². The first kappa shape index (κ1) is 12.4. The van der Waals surface area contributed by atoms with E-state index in [1.165, 1.54) is 6.07 Å². The Labute approximate surface area is 98.5 Å². The van der Waals surface area contributed by atoms with Crippen molar-refractivity contribution in [2.24, 2.45) is 5.73 Å². The first-order chi connectivity index (χ1) is 7.82. The van der Waals surface area contributed by atoms with Crippen LogP contribution in [0.2, 0.25) is 0 Å². The molecule has 0 aliphatic heterocycles. The lowest BCUT2D eigenvalue weighted by Crippen LogP contribution is -2.22. The Morgan fingerprint density at radius 3 is 2.35 bits per heavy atom. The van der Waals surface area contributed by atoms with Gasteiger partial charge in [0.05, 0.1) is 0 Å². The maximum atomic E-state index is 14.1. The van der Waals surface area contributed by atoms with Crippen molar-refractivity contribution in [2.75, 3.05) is 12.8 Å². The van der Waals surface area contributed by atoms with Crippen LogP contribution in [-0.2, 0) is 15.3 Å². The van der Waals surface area contributed by atoms with E-state index in [9.17, 15) is 17.2 Å². The molecule has 1 fully saturated rings. The molecule has 1 aromatic carbocycles.